The Bertz CT molecular complexity index is 1220. The normalized spacial score (nSPS) is 10.8. The van der Waals surface area contributed by atoms with Gasteiger partial charge in [-0.2, -0.15) is 0 Å². The average molecular weight is 430 g/mol. The van der Waals surface area contributed by atoms with Crippen LogP contribution in [-0.4, -0.2) is 22.7 Å². The molecule has 32 heavy (non-hydrogen) atoms. The van der Waals surface area contributed by atoms with Crippen LogP contribution in [0.15, 0.2) is 84.6 Å². The Morgan fingerprint density at radius 2 is 1.53 bits per heavy atom. The maximum Gasteiger partial charge on any atom is 0.272 e. The molecule has 0 aliphatic carbocycles. The molecule has 0 aliphatic heterocycles. The molecule has 0 unspecified atom stereocenters. The fraction of sp³-hybridized carbons (Fsp3) is 0. The topological polar surface area (TPSA) is 141 Å². The number of hydrogen-bond donors (Lipinski definition) is 2. The lowest BCUT2D eigenvalue weighted by Crippen LogP contribution is -2.31. The van der Waals surface area contributed by atoms with Gasteiger partial charge in [0.2, 0.25) is 0 Å². The molecule has 3 rings (SSSR count). The Balaban J connectivity index is 1.94. The molecule has 160 valence electrons. The molecule has 0 bridgehead atoms. The minimum Gasteiger partial charge on any atom is -0.545 e. The summed E-state index contributed by atoms with van der Waals surface area (Å²) in [5.74, 6) is -2.73. The number of anilines is 1. The summed E-state index contributed by atoms with van der Waals surface area (Å²) in [4.78, 5) is 47.0. The standard InChI is InChI=1S/C23H17N3O6/c27-21(16-7-2-1-3-8-16)25-20(13-15-6-4-11-19(12-15)26(31)32)22(28)24-18-10-5-9-17(14-18)23(29)30/h1-14H,(H,24,28)(H,25,27)(H,29,30)/p-1/b20-13-. The van der Waals surface area contributed by atoms with Crippen LogP contribution < -0.4 is 15.7 Å². The molecule has 2 N–H and O–H groups in total. The number of nitro benzene ring substituents is 1. The van der Waals surface area contributed by atoms with Crippen LogP contribution in [0.2, 0.25) is 0 Å². The van der Waals surface area contributed by atoms with Gasteiger partial charge in [0, 0.05) is 23.4 Å². The Hall–Kier alpha value is -4.79. The molecule has 0 spiro atoms. The van der Waals surface area contributed by atoms with Gasteiger partial charge in [-0.1, -0.05) is 42.5 Å². The van der Waals surface area contributed by atoms with Crippen LogP contribution in [0.1, 0.15) is 26.3 Å². The van der Waals surface area contributed by atoms with Crippen LogP contribution in [0.4, 0.5) is 11.4 Å². The highest BCUT2D eigenvalue weighted by molar-refractivity contribution is 6.10. The number of nitro groups is 1. The zero-order valence-corrected chi connectivity index (χ0v) is 16.5. The van der Waals surface area contributed by atoms with Gasteiger partial charge >= 0.3 is 0 Å². The average Bonchev–Trinajstić information content (AvgIpc) is 2.79. The van der Waals surface area contributed by atoms with Crippen molar-refractivity contribution < 1.29 is 24.4 Å². The van der Waals surface area contributed by atoms with Gasteiger partial charge in [-0.05, 0) is 41.5 Å². The number of carbonyl (C=O) groups excluding carboxylic acids is 3. The Morgan fingerprint density at radius 3 is 2.22 bits per heavy atom. The van der Waals surface area contributed by atoms with E-state index in [4.69, 9.17) is 0 Å². The van der Waals surface area contributed by atoms with Crippen LogP contribution in [0.5, 0.6) is 0 Å². The second-order valence-electron chi connectivity index (χ2n) is 6.55. The first-order chi connectivity index (χ1) is 15.3. The summed E-state index contributed by atoms with van der Waals surface area (Å²) >= 11 is 0. The van der Waals surface area contributed by atoms with Gasteiger partial charge in [-0.3, -0.25) is 19.7 Å². The third-order valence-corrected chi connectivity index (χ3v) is 4.28. The molecule has 9 nitrogen and oxygen atoms in total. The molecule has 3 aromatic rings. The van der Waals surface area contributed by atoms with E-state index >= 15 is 0 Å². The highest BCUT2D eigenvalue weighted by atomic mass is 16.6. The molecule has 0 fully saturated rings. The largest absolute Gasteiger partial charge is 0.545 e. The lowest BCUT2D eigenvalue weighted by Gasteiger charge is -2.12. The van der Waals surface area contributed by atoms with Gasteiger partial charge in [0.25, 0.3) is 17.5 Å². The molecule has 0 atom stereocenters. The first-order valence-corrected chi connectivity index (χ1v) is 9.29. The van der Waals surface area contributed by atoms with Gasteiger partial charge in [0.1, 0.15) is 5.70 Å². The zero-order valence-electron chi connectivity index (χ0n) is 16.5. The second kappa shape index (κ2) is 9.81. The van der Waals surface area contributed by atoms with Crippen molar-refractivity contribution in [3.05, 3.63) is 111 Å². The number of carbonyl (C=O) groups is 3. The molecule has 3 aromatic carbocycles. The molecular formula is C23H16N3O6-. The predicted octanol–water partition coefficient (Wildman–Crippen LogP) is 2.37. The molecule has 0 saturated heterocycles. The molecule has 9 heteroatoms. The number of aromatic carboxylic acids is 1. The molecule has 0 aromatic heterocycles. The van der Waals surface area contributed by atoms with Crippen molar-refractivity contribution in [2.45, 2.75) is 0 Å². The molecular weight excluding hydrogens is 414 g/mol. The quantitative estimate of drug-likeness (QED) is 0.335. The lowest BCUT2D eigenvalue weighted by molar-refractivity contribution is -0.384. The molecule has 0 saturated carbocycles. The number of carboxylic acid groups (broad SMARTS) is 1. The van der Waals surface area contributed by atoms with Crippen molar-refractivity contribution in [2.75, 3.05) is 5.32 Å². The highest BCUT2D eigenvalue weighted by Crippen LogP contribution is 2.17. The van der Waals surface area contributed by atoms with E-state index in [9.17, 15) is 29.6 Å². The molecule has 0 radical (unpaired) electrons. The van der Waals surface area contributed by atoms with Crippen molar-refractivity contribution in [3.8, 4) is 0 Å². The van der Waals surface area contributed by atoms with Crippen LogP contribution in [0.25, 0.3) is 6.08 Å². The minimum atomic E-state index is -1.41. The van der Waals surface area contributed by atoms with Crippen molar-refractivity contribution in [1.82, 2.24) is 5.32 Å². The Kier molecular flexibility index (Phi) is 6.72. The third-order valence-electron chi connectivity index (χ3n) is 4.28. The molecule has 2 amide bonds. The van der Waals surface area contributed by atoms with Crippen molar-refractivity contribution in [3.63, 3.8) is 0 Å². The van der Waals surface area contributed by atoms with Crippen LogP contribution in [0.3, 0.4) is 0 Å². The van der Waals surface area contributed by atoms with Gasteiger partial charge in [-0.25, -0.2) is 0 Å². The number of amides is 2. The van der Waals surface area contributed by atoms with Crippen LogP contribution in [0, 0.1) is 10.1 Å². The number of hydrogen-bond acceptors (Lipinski definition) is 6. The first-order valence-electron chi connectivity index (χ1n) is 9.29. The third kappa shape index (κ3) is 5.63. The summed E-state index contributed by atoms with van der Waals surface area (Å²) < 4.78 is 0. The summed E-state index contributed by atoms with van der Waals surface area (Å²) in [6.07, 6.45) is 1.28. The van der Waals surface area contributed by atoms with Crippen LogP contribution >= 0.6 is 0 Å². The second-order valence-corrected chi connectivity index (χ2v) is 6.55. The first kappa shape index (κ1) is 21.9. The SMILES string of the molecule is O=C(Nc1cccc(C(=O)[O-])c1)/C(=C/c1cccc([N+](=O)[O-])c1)NC(=O)c1ccccc1. The van der Waals surface area contributed by atoms with Crippen molar-refractivity contribution >= 4 is 35.2 Å². The monoisotopic (exact) mass is 430 g/mol. The fourth-order valence-electron chi connectivity index (χ4n) is 2.76. The van der Waals surface area contributed by atoms with E-state index in [2.05, 4.69) is 10.6 Å². The number of rotatable bonds is 7. The Morgan fingerprint density at radius 1 is 0.844 bits per heavy atom. The van der Waals surface area contributed by atoms with E-state index in [1.54, 1.807) is 30.3 Å². The maximum absolute atomic E-state index is 12.9. The van der Waals surface area contributed by atoms with E-state index in [-0.39, 0.29) is 22.6 Å². The predicted molar refractivity (Wildman–Crippen MR) is 114 cm³/mol. The summed E-state index contributed by atoms with van der Waals surface area (Å²) in [5.41, 5.74) is 0.245. The number of benzene rings is 3. The summed E-state index contributed by atoms with van der Waals surface area (Å²) in [6, 6.07) is 19.1. The van der Waals surface area contributed by atoms with E-state index in [1.165, 1.54) is 54.6 Å². The molecule has 0 heterocycles. The van der Waals surface area contributed by atoms with Gasteiger partial charge in [0.15, 0.2) is 0 Å². The van der Waals surface area contributed by atoms with Gasteiger partial charge in [-0.15, -0.1) is 0 Å². The summed E-state index contributed by atoms with van der Waals surface area (Å²) in [5, 5.41) is 27.1. The smallest absolute Gasteiger partial charge is 0.272 e. The van der Waals surface area contributed by atoms with E-state index in [0.29, 0.717) is 11.1 Å². The highest BCUT2D eigenvalue weighted by Gasteiger charge is 2.16. The van der Waals surface area contributed by atoms with Gasteiger partial charge < -0.3 is 20.5 Å². The number of nitrogens with zero attached hydrogens (tertiary/aromatic N) is 1. The summed E-state index contributed by atoms with van der Waals surface area (Å²) in [7, 11) is 0. The van der Waals surface area contributed by atoms with Crippen molar-refractivity contribution in [2.24, 2.45) is 0 Å². The van der Waals surface area contributed by atoms with Crippen molar-refractivity contribution in [1.29, 1.82) is 0 Å². The summed E-state index contributed by atoms with van der Waals surface area (Å²) in [6.45, 7) is 0. The number of carboxylic acids is 1. The van der Waals surface area contributed by atoms with E-state index in [0.717, 1.165) is 0 Å². The number of nitrogens with one attached hydrogen (secondary N) is 2. The van der Waals surface area contributed by atoms with E-state index in [1.807, 2.05) is 0 Å². The van der Waals surface area contributed by atoms with E-state index < -0.39 is 22.7 Å². The fourth-order valence-corrected chi connectivity index (χ4v) is 2.76. The minimum absolute atomic E-state index is 0.139. The van der Waals surface area contributed by atoms with Gasteiger partial charge in [0.05, 0.1) is 10.9 Å². The molecule has 0 aliphatic rings. The number of non-ortho nitro benzene ring substituents is 1. The zero-order chi connectivity index (χ0) is 23.1. The maximum atomic E-state index is 12.9. The Labute approximate surface area is 182 Å². The lowest BCUT2D eigenvalue weighted by atomic mass is 10.1. The van der Waals surface area contributed by atoms with Crippen LogP contribution in [-0.2, 0) is 4.79 Å².